The van der Waals surface area contributed by atoms with Gasteiger partial charge in [0.05, 0.1) is 16.7 Å². The van der Waals surface area contributed by atoms with E-state index in [1.165, 1.54) is 0 Å². The van der Waals surface area contributed by atoms with E-state index in [4.69, 9.17) is 17.3 Å². The smallest absolute Gasteiger partial charge is 0.258 e. The average molecular weight is 298 g/mol. The zero-order valence-corrected chi connectivity index (χ0v) is 12.4. The van der Waals surface area contributed by atoms with Crippen LogP contribution in [0.1, 0.15) is 19.7 Å². The van der Waals surface area contributed by atoms with E-state index in [2.05, 4.69) is 9.97 Å². The van der Waals surface area contributed by atoms with Crippen LogP contribution in [0.3, 0.4) is 0 Å². The monoisotopic (exact) mass is 297 g/mol. The molecule has 0 unspecified atom stereocenters. The van der Waals surface area contributed by atoms with E-state index < -0.39 is 0 Å². The molecule has 0 aliphatic heterocycles. The number of hydrogen-bond acceptors (Lipinski definition) is 4. The topological polar surface area (TPSA) is 71.8 Å². The molecule has 19 heavy (non-hydrogen) atoms. The maximum Gasteiger partial charge on any atom is 0.258 e. The van der Waals surface area contributed by atoms with Gasteiger partial charge in [0.2, 0.25) is 0 Å². The number of hydrogen-bond donors (Lipinski definition) is 2. The molecule has 2 aromatic rings. The molecule has 1 aromatic carbocycles. The Labute approximate surface area is 120 Å². The Morgan fingerprint density at radius 3 is 2.89 bits per heavy atom. The van der Waals surface area contributed by atoms with Crippen molar-refractivity contribution in [1.82, 2.24) is 9.97 Å². The maximum atomic E-state index is 11.9. The summed E-state index contributed by atoms with van der Waals surface area (Å²) in [4.78, 5) is 19.1. The van der Waals surface area contributed by atoms with Crippen LogP contribution < -0.4 is 11.3 Å². The Bertz CT molecular complexity index is 648. The fraction of sp³-hybridized carbons (Fsp3) is 0.385. The van der Waals surface area contributed by atoms with Crippen molar-refractivity contribution in [3.8, 4) is 0 Å². The van der Waals surface area contributed by atoms with Gasteiger partial charge in [-0.05, 0) is 32.0 Å². The Hall–Kier alpha value is -1.04. The van der Waals surface area contributed by atoms with Gasteiger partial charge in [0, 0.05) is 16.3 Å². The summed E-state index contributed by atoms with van der Waals surface area (Å²) in [6.45, 7) is 3.94. The van der Waals surface area contributed by atoms with E-state index in [0.29, 0.717) is 27.5 Å². The largest absolute Gasteiger partial charge is 0.325 e. The summed E-state index contributed by atoms with van der Waals surface area (Å²) in [6.07, 6.45) is 0. The van der Waals surface area contributed by atoms with Gasteiger partial charge in [-0.2, -0.15) is 11.8 Å². The minimum atomic E-state index is -0.227. The van der Waals surface area contributed by atoms with Crippen LogP contribution in [0.25, 0.3) is 10.9 Å². The molecule has 0 aliphatic carbocycles. The molecule has 102 valence electrons. The number of aromatic nitrogens is 2. The van der Waals surface area contributed by atoms with Crippen LogP contribution in [0, 0.1) is 0 Å². The first-order chi connectivity index (χ1) is 8.85. The van der Waals surface area contributed by atoms with Gasteiger partial charge in [0.15, 0.2) is 0 Å². The number of halogens is 1. The summed E-state index contributed by atoms with van der Waals surface area (Å²) < 4.78 is 0. The maximum absolute atomic E-state index is 11.9. The molecular weight excluding hydrogens is 282 g/mol. The molecule has 0 bridgehead atoms. The minimum Gasteiger partial charge on any atom is -0.325 e. The molecular formula is C13H16ClN3OS. The Balaban J connectivity index is 2.22. The van der Waals surface area contributed by atoms with Crippen LogP contribution in [-0.2, 0) is 5.75 Å². The summed E-state index contributed by atoms with van der Waals surface area (Å²) in [5.41, 5.74) is 6.19. The van der Waals surface area contributed by atoms with Crippen molar-refractivity contribution in [2.45, 2.75) is 25.1 Å². The van der Waals surface area contributed by atoms with Gasteiger partial charge < -0.3 is 10.7 Å². The van der Waals surface area contributed by atoms with Crippen LogP contribution in [0.2, 0.25) is 5.02 Å². The first kappa shape index (κ1) is 14.4. The highest BCUT2D eigenvalue weighted by atomic mass is 35.5. The highest BCUT2D eigenvalue weighted by Crippen LogP contribution is 2.17. The lowest BCUT2D eigenvalue weighted by molar-refractivity contribution is 0.591. The molecule has 1 aromatic heterocycles. The fourth-order valence-electron chi connectivity index (χ4n) is 1.64. The normalized spacial score (nSPS) is 12.0. The Kier molecular flexibility index (Phi) is 4.18. The standard InChI is InChI=1S/C13H16ClN3OS/c1-13(2,15)7-19-6-11-16-10-4-3-8(14)5-9(10)12(18)17-11/h3-5H,6-7,15H2,1-2H3,(H,16,17,18). The number of aromatic amines is 1. The summed E-state index contributed by atoms with van der Waals surface area (Å²) in [7, 11) is 0. The number of fused-ring (bicyclic) bond motifs is 1. The Morgan fingerprint density at radius 1 is 1.47 bits per heavy atom. The van der Waals surface area contributed by atoms with E-state index in [1.807, 2.05) is 13.8 Å². The van der Waals surface area contributed by atoms with Gasteiger partial charge in [-0.3, -0.25) is 4.79 Å². The molecule has 0 fully saturated rings. The van der Waals surface area contributed by atoms with Gasteiger partial charge >= 0.3 is 0 Å². The van der Waals surface area contributed by atoms with E-state index >= 15 is 0 Å². The second-order valence-corrected chi connectivity index (χ2v) is 6.58. The lowest BCUT2D eigenvalue weighted by atomic mass is 10.1. The zero-order chi connectivity index (χ0) is 14.0. The molecule has 1 heterocycles. The third-order valence-corrected chi connectivity index (χ3v) is 4.09. The highest BCUT2D eigenvalue weighted by Gasteiger charge is 2.11. The van der Waals surface area contributed by atoms with Gasteiger partial charge in [0.25, 0.3) is 5.56 Å². The van der Waals surface area contributed by atoms with Crippen LogP contribution in [0.15, 0.2) is 23.0 Å². The van der Waals surface area contributed by atoms with E-state index in [-0.39, 0.29) is 11.1 Å². The molecule has 0 radical (unpaired) electrons. The lowest BCUT2D eigenvalue weighted by Crippen LogP contribution is -2.34. The van der Waals surface area contributed by atoms with Gasteiger partial charge in [-0.1, -0.05) is 11.6 Å². The van der Waals surface area contributed by atoms with Crippen molar-refractivity contribution < 1.29 is 0 Å². The van der Waals surface area contributed by atoms with Crippen molar-refractivity contribution in [1.29, 1.82) is 0 Å². The van der Waals surface area contributed by atoms with Crippen LogP contribution in [-0.4, -0.2) is 21.3 Å². The van der Waals surface area contributed by atoms with Crippen molar-refractivity contribution in [3.63, 3.8) is 0 Å². The number of nitrogens with two attached hydrogens (primary N) is 1. The summed E-state index contributed by atoms with van der Waals surface area (Å²) in [6, 6.07) is 5.12. The first-order valence-corrected chi connectivity index (χ1v) is 7.43. The van der Waals surface area contributed by atoms with Crippen molar-refractivity contribution in [3.05, 3.63) is 39.4 Å². The lowest BCUT2D eigenvalue weighted by Gasteiger charge is -2.17. The number of H-pyrrole nitrogens is 1. The molecule has 2 rings (SSSR count). The molecule has 0 spiro atoms. The van der Waals surface area contributed by atoms with Crippen molar-refractivity contribution in [2.75, 3.05) is 5.75 Å². The summed E-state index contributed by atoms with van der Waals surface area (Å²) >= 11 is 7.52. The van der Waals surface area contributed by atoms with Crippen LogP contribution in [0.5, 0.6) is 0 Å². The number of nitrogens with one attached hydrogen (secondary N) is 1. The van der Waals surface area contributed by atoms with E-state index in [9.17, 15) is 4.79 Å². The average Bonchev–Trinajstić information content (AvgIpc) is 2.28. The SMILES string of the molecule is CC(C)(N)CSCc1nc2ccc(Cl)cc2c(=O)[nH]1. The van der Waals surface area contributed by atoms with Crippen LogP contribution in [0.4, 0.5) is 0 Å². The molecule has 0 saturated heterocycles. The predicted molar refractivity (Wildman–Crippen MR) is 81.8 cm³/mol. The fourth-order valence-corrected chi connectivity index (χ4v) is 2.77. The highest BCUT2D eigenvalue weighted by molar-refractivity contribution is 7.98. The Morgan fingerprint density at radius 2 is 2.21 bits per heavy atom. The molecule has 0 atom stereocenters. The predicted octanol–water partition coefficient (Wildman–Crippen LogP) is 2.55. The third-order valence-electron chi connectivity index (χ3n) is 2.43. The molecule has 6 heteroatoms. The van der Waals surface area contributed by atoms with Gasteiger partial charge in [0.1, 0.15) is 5.82 Å². The molecule has 0 saturated carbocycles. The first-order valence-electron chi connectivity index (χ1n) is 5.90. The number of thioether (sulfide) groups is 1. The van der Waals surface area contributed by atoms with Crippen molar-refractivity contribution in [2.24, 2.45) is 5.73 Å². The summed E-state index contributed by atoms with van der Waals surface area (Å²) in [5.74, 6) is 2.10. The van der Waals surface area contributed by atoms with Gasteiger partial charge in [-0.15, -0.1) is 0 Å². The molecule has 4 nitrogen and oxygen atoms in total. The molecule has 0 aliphatic rings. The second-order valence-electron chi connectivity index (χ2n) is 5.16. The second kappa shape index (κ2) is 5.53. The van der Waals surface area contributed by atoms with E-state index in [0.717, 1.165) is 5.75 Å². The number of benzene rings is 1. The molecule has 0 amide bonds. The number of rotatable bonds is 4. The van der Waals surface area contributed by atoms with Crippen LogP contribution >= 0.6 is 23.4 Å². The minimum absolute atomic E-state index is 0.157. The quantitative estimate of drug-likeness (QED) is 0.910. The van der Waals surface area contributed by atoms with Crippen molar-refractivity contribution >= 4 is 34.3 Å². The summed E-state index contributed by atoms with van der Waals surface area (Å²) in [5, 5.41) is 1.05. The third kappa shape index (κ3) is 3.96. The van der Waals surface area contributed by atoms with E-state index in [1.54, 1.807) is 30.0 Å². The molecule has 3 N–H and O–H groups in total. The zero-order valence-electron chi connectivity index (χ0n) is 10.9. The number of nitrogens with zero attached hydrogens (tertiary/aromatic N) is 1. The van der Waals surface area contributed by atoms with Gasteiger partial charge in [-0.25, -0.2) is 4.98 Å².